The summed E-state index contributed by atoms with van der Waals surface area (Å²) in [7, 11) is 0. The first-order valence-electron chi connectivity index (χ1n) is 2.20. The van der Waals surface area contributed by atoms with Crippen LogP contribution in [0.5, 0.6) is 0 Å². The molecule has 1 heteroatoms. The molecule has 0 aromatic heterocycles. The van der Waals surface area contributed by atoms with E-state index in [0.717, 1.165) is 5.57 Å². The molecule has 0 radical (unpaired) electrons. The van der Waals surface area contributed by atoms with Crippen molar-refractivity contribution in [2.24, 2.45) is 0 Å². The molecule has 1 aliphatic carbocycles. The summed E-state index contributed by atoms with van der Waals surface area (Å²) in [6, 6.07) is 0. The molecule has 0 unspecified atom stereocenters. The molecule has 0 saturated heterocycles. The van der Waals surface area contributed by atoms with Crippen LogP contribution < -0.4 is 0 Å². The molecule has 36 valence electrons. The molecule has 1 nitrogen and oxygen atoms in total. The minimum Gasteiger partial charge on any atom is -0.290 e. The second-order valence-electron chi connectivity index (χ2n) is 1.57. The molecule has 0 heterocycles. The molecular weight excluding hydrogens is 88.1 g/mol. The predicted molar refractivity (Wildman–Crippen MR) is 27.9 cm³/mol. The SMILES string of the molecule is CC1=CC=CC1=O. The van der Waals surface area contributed by atoms with E-state index < -0.39 is 0 Å². The highest BCUT2D eigenvalue weighted by Crippen LogP contribution is 2.02. The summed E-state index contributed by atoms with van der Waals surface area (Å²) >= 11 is 0. The van der Waals surface area contributed by atoms with E-state index in [4.69, 9.17) is 0 Å². The fourth-order valence-corrected chi connectivity index (χ4v) is 0.493. The Morgan fingerprint density at radius 1 is 1.57 bits per heavy atom. The summed E-state index contributed by atoms with van der Waals surface area (Å²) in [5.74, 6) is 0.139. The monoisotopic (exact) mass is 94.0 g/mol. The summed E-state index contributed by atoms with van der Waals surface area (Å²) in [4.78, 5) is 10.4. The van der Waals surface area contributed by atoms with Crippen molar-refractivity contribution in [3.63, 3.8) is 0 Å². The number of carbonyl (C=O) groups excluding carboxylic acids is 1. The van der Waals surface area contributed by atoms with Crippen molar-refractivity contribution in [3.8, 4) is 0 Å². The Morgan fingerprint density at radius 2 is 2.29 bits per heavy atom. The topological polar surface area (TPSA) is 17.1 Å². The quantitative estimate of drug-likeness (QED) is 0.439. The van der Waals surface area contributed by atoms with Gasteiger partial charge in [0.15, 0.2) is 5.78 Å². The highest BCUT2D eigenvalue weighted by molar-refractivity contribution is 6.06. The van der Waals surface area contributed by atoms with Crippen LogP contribution in [0.15, 0.2) is 23.8 Å². The smallest absolute Gasteiger partial charge is 0.181 e. The van der Waals surface area contributed by atoms with Gasteiger partial charge in [0.1, 0.15) is 0 Å². The molecule has 0 amide bonds. The normalized spacial score (nSPS) is 17.9. The van der Waals surface area contributed by atoms with Crippen molar-refractivity contribution in [2.45, 2.75) is 6.92 Å². The maximum absolute atomic E-state index is 10.4. The molecule has 1 aliphatic rings. The minimum atomic E-state index is 0.139. The van der Waals surface area contributed by atoms with Gasteiger partial charge in [0.2, 0.25) is 0 Å². The molecule has 0 N–H and O–H groups in total. The number of hydrogen-bond donors (Lipinski definition) is 0. The average Bonchev–Trinajstić information content (AvgIpc) is 1.91. The first-order valence-corrected chi connectivity index (χ1v) is 2.20. The molecule has 7 heavy (non-hydrogen) atoms. The van der Waals surface area contributed by atoms with Crippen LogP contribution in [0.1, 0.15) is 6.92 Å². The molecular formula is C6H6O. The Kier molecular flexibility index (Phi) is 0.823. The van der Waals surface area contributed by atoms with Gasteiger partial charge in [0.25, 0.3) is 0 Å². The Hall–Kier alpha value is -0.850. The standard InChI is InChI=1S/C6H6O/c1-5-3-2-4-6(5)7/h2-4H,1H3. The van der Waals surface area contributed by atoms with Gasteiger partial charge in [-0.3, -0.25) is 4.79 Å². The molecule has 0 aromatic carbocycles. The highest BCUT2D eigenvalue weighted by atomic mass is 16.1. The number of allylic oxidation sites excluding steroid dienone is 4. The van der Waals surface area contributed by atoms with Gasteiger partial charge < -0.3 is 0 Å². The minimum absolute atomic E-state index is 0.139. The van der Waals surface area contributed by atoms with Crippen LogP contribution in [0.2, 0.25) is 0 Å². The van der Waals surface area contributed by atoms with Gasteiger partial charge in [-0.2, -0.15) is 0 Å². The van der Waals surface area contributed by atoms with Gasteiger partial charge >= 0.3 is 0 Å². The van der Waals surface area contributed by atoms with Crippen molar-refractivity contribution in [3.05, 3.63) is 23.8 Å². The van der Waals surface area contributed by atoms with E-state index in [9.17, 15) is 4.79 Å². The molecule has 0 fully saturated rings. The Balaban J connectivity index is 2.89. The first kappa shape index (κ1) is 4.31. The molecule has 0 bridgehead atoms. The number of ketones is 1. The van der Waals surface area contributed by atoms with Crippen molar-refractivity contribution >= 4 is 5.78 Å². The van der Waals surface area contributed by atoms with E-state index in [0.29, 0.717) is 0 Å². The first-order chi connectivity index (χ1) is 3.30. The van der Waals surface area contributed by atoms with E-state index in [-0.39, 0.29) is 5.78 Å². The lowest BCUT2D eigenvalue weighted by atomic mass is 10.3. The Morgan fingerprint density at radius 3 is 2.43 bits per heavy atom. The average molecular weight is 94.1 g/mol. The summed E-state index contributed by atoms with van der Waals surface area (Å²) in [5, 5.41) is 0. The van der Waals surface area contributed by atoms with Crippen LogP contribution in [0.3, 0.4) is 0 Å². The second kappa shape index (κ2) is 1.34. The number of rotatable bonds is 0. The van der Waals surface area contributed by atoms with E-state index in [1.807, 2.05) is 13.0 Å². The van der Waals surface area contributed by atoms with Crippen LogP contribution >= 0.6 is 0 Å². The fraction of sp³-hybridized carbons (Fsp3) is 0.167. The van der Waals surface area contributed by atoms with Crippen LogP contribution in [-0.2, 0) is 4.79 Å². The van der Waals surface area contributed by atoms with Crippen LogP contribution in [0.4, 0.5) is 0 Å². The third-order valence-electron chi connectivity index (χ3n) is 0.982. The zero-order valence-electron chi connectivity index (χ0n) is 4.14. The predicted octanol–water partition coefficient (Wildman–Crippen LogP) is 1.07. The van der Waals surface area contributed by atoms with Gasteiger partial charge in [-0.1, -0.05) is 12.2 Å². The molecule has 0 aromatic rings. The Bertz CT molecular complexity index is 152. The Labute approximate surface area is 42.3 Å². The zero-order valence-corrected chi connectivity index (χ0v) is 4.14. The molecule has 0 atom stereocenters. The van der Waals surface area contributed by atoms with E-state index in [2.05, 4.69) is 0 Å². The van der Waals surface area contributed by atoms with Crippen LogP contribution in [-0.4, -0.2) is 5.78 Å². The molecule has 0 saturated carbocycles. The van der Waals surface area contributed by atoms with E-state index in [1.54, 1.807) is 12.2 Å². The van der Waals surface area contributed by atoms with Crippen molar-refractivity contribution in [1.29, 1.82) is 0 Å². The van der Waals surface area contributed by atoms with E-state index in [1.165, 1.54) is 0 Å². The third kappa shape index (κ3) is 0.610. The summed E-state index contributed by atoms with van der Waals surface area (Å²) in [6.07, 6.45) is 5.13. The van der Waals surface area contributed by atoms with Gasteiger partial charge in [0.05, 0.1) is 0 Å². The van der Waals surface area contributed by atoms with Gasteiger partial charge in [0, 0.05) is 0 Å². The van der Waals surface area contributed by atoms with E-state index >= 15 is 0 Å². The number of carbonyl (C=O) groups is 1. The summed E-state index contributed by atoms with van der Waals surface area (Å²) in [6.45, 7) is 1.81. The van der Waals surface area contributed by atoms with Crippen LogP contribution in [0.25, 0.3) is 0 Å². The maximum atomic E-state index is 10.4. The summed E-state index contributed by atoms with van der Waals surface area (Å²) in [5.41, 5.74) is 0.833. The highest BCUT2D eigenvalue weighted by Gasteiger charge is 2.00. The summed E-state index contributed by atoms with van der Waals surface area (Å²) < 4.78 is 0. The lowest BCUT2D eigenvalue weighted by Crippen LogP contribution is -1.86. The van der Waals surface area contributed by atoms with Gasteiger partial charge in [-0.15, -0.1) is 0 Å². The number of hydrogen-bond acceptors (Lipinski definition) is 1. The largest absolute Gasteiger partial charge is 0.290 e. The molecule has 0 aliphatic heterocycles. The molecule has 0 spiro atoms. The lowest BCUT2D eigenvalue weighted by molar-refractivity contribution is -0.111. The maximum Gasteiger partial charge on any atom is 0.181 e. The van der Waals surface area contributed by atoms with Crippen LogP contribution in [0, 0.1) is 0 Å². The lowest BCUT2D eigenvalue weighted by Gasteiger charge is -1.79. The van der Waals surface area contributed by atoms with Crippen molar-refractivity contribution < 1.29 is 4.79 Å². The second-order valence-corrected chi connectivity index (χ2v) is 1.57. The van der Waals surface area contributed by atoms with Gasteiger partial charge in [-0.05, 0) is 18.6 Å². The van der Waals surface area contributed by atoms with Crippen molar-refractivity contribution in [1.82, 2.24) is 0 Å². The van der Waals surface area contributed by atoms with Crippen molar-refractivity contribution in [2.75, 3.05) is 0 Å². The third-order valence-corrected chi connectivity index (χ3v) is 0.982. The zero-order chi connectivity index (χ0) is 5.28. The van der Waals surface area contributed by atoms with Gasteiger partial charge in [-0.25, -0.2) is 0 Å². The molecule has 1 rings (SSSR count). The fourth-order valence-electron chi connectivity index (χ4n) is 0.493.